The summed E-state index contributed by atoms with van der Waals surface area (Å²) in [6.45, 7) is 0. The minimum absolute atomic E-state index is 0.693. The van der Waals surface area contributed by atoms with Crippen molar-refractivity contribution in [3.63, 3.8) is 0 Å². The summed E-state index contributed by atoms with van der Waals surface area (Å²) < 4.78 is 6.60. The number of para-hydroxylation sites is 1. The van der Waals surface area contributed by atoms with Crippen molar-refractivity contribution in [2.75, 3.05) is 0 Å². The average molecular weight is 728 g/mol. The Morgan fingerprint density at radius 3 is 1.63 bits per heavy atom. The maximum absolute atomic E-state index is 6.60. The van der Waals surface area contributed by atoms with Gasteiger partial charge in [0.25, 0.3) is 0 Å². The topological polar surface area (TPSA) is 51.8 Å². The molecular weight excluding hydrogens is 695 g/mol. The number of furan rings is 1. The minimum Gasteiger partial charge on any atom is -0.455 e. The van der Waals surface area contributed by atoms with Gasteiger partial charge in [0.2, 0.25) is 0 Å². The molecule has 4 heteroatoms. The monoisotopic (exact) mass is 727 g/mol. The molecule has 11 aromatic rings. The quantitative estimate of drug-likeness (QED) is 0.160. The van der Waals surface area contributed by atoms with Gasteiger partial charge in [0.05, 0.1) is 28.0 Å². The second-order valence-corrected chi connectivity index (χ2v) is 14.4. The molecule has 3 aromatic heterocycles. The predicted molar refractivity (Wildman–Crippen MR) is 235 cm³/mol. The van der Waals surface area contributed by atoms with E-state index in [-0.39, 0.29) is 0 Å². The fourth-order valence-corrected chi connectivity index (χ4v) is 7.99. The molecule has 0 saturated heterocycles. The van der Waals surface area contributed by atoms with Gasteiger partial charge in [0.1, 0.15) is 11.2 Å². The summed E-state index contributed by atoms with van der Waals surface area (Å²) in [4.78, 5) is 15.5. The molecule has 0 bridgehead atoms. The van der Waals surface area contributed by atoms with Crippen LogP contribution < -0.4 is 0 Å². The Morgan fingerprint density at radius 2 is 0.877 bits per heavy atom. The van der Waals surface area contributed by atoms with Crippen LogP contribution in [0.15, 0.2) is 205 Å². The van der Waals surface area contributed by atoms with Gasteiger partial charge in [-0.3, -0.25) is 0 Å². The van der Waals surface area contributed by atoms with E-state index in [4.69, 9.17) is 19.4 Å². The zero-order chi connectivity index (χ0) is 37.7. The molecule has 0 unspecified atom stereocenters. The molecule has 0 N–H and O–H groups in total. The Kier molecular flexibility index (Phi) is 7.78. The Balaban J connectivity index is 0.999. The molecule has 0 radical (unpaired) electrons. The molecule has 0 saturated carbocycles. The molecule has 266 valence electrons. The largest absolute Gasteiger partial charge is 0.455 e. The minimum atomic E-state index is 0.693. The molecule has 0 spiro atoms. The fraction of sp³-hybridized carbons (Fsp3) is 0. The van der Waals surface area contributed by atoms with Crippen LogP contribution in [0.2, 0.25) is 0 Å². The van der Waals surface area contributed by atoms with Gasteiger partial charge in [-0.1, -0.05) is 164 Å². The van der Waals surface area contributed by atoms with Crippen molar-refractivity contribution in [3.8, 4) is 67.4 Å². The maximum atomic E-state index is 6.60. The highest BCUT2D eigenvalue weighted by molar-refractivity contribution is 6.20. The van der Waals surface area contributed by atoms with E-state index in [1.165, 1.54) is 10.9 Å². The molecule has 0 aliphatic heterocycles. The number of rotatable bonds is 6. The van der Waals surface area contributed by atoms with Crippen LogP contribution in [0, 0.1) is 0 Å². The molecule has 4 nitrogen and oxygen atoms in total. The van der Waals surface area contributed by atoms with E-state index in [1.807, 2.05) is 36.4 Å². The van der Waals surface area contributed by atoms with Crippen LogP contribution in [0.4, 0.5) is 0 Å². The predicted octanol–water partition coefficient (Wildman–Crippen LogP) is 14.1. The summed E-state index contributed by atoms with van der Waals surface area (Å²) in [5.74, 6) is 0.693. The number of pyridine rings is 1. The van der Waals surface area contributed by atoms with Crippen molar-refractivity contribution in [2.45, 2.75) is 0 Å². The first kappa shape index (κ1) is 32.7. The van der Waals surface area contributed by atoms with E-state index < -0.39 is 0 Å². The Hall–Kier alpha value is -7.69. The molecule has 0 atom stereocenters. The molecule has 11 rings (SSSR count). The van der Waals surface area contributed by atoms with Crippen molar-refractivity contribution in [2.24, 2.45) is 0 Å². The summed E-state index contributed by atoms with van der Waals surface area (Å²) in [6.07, 6.45) is 0. The number of hydrogen-bond acceptors (Lipinski definition) is 4. The van der Waals surface area contributed by atoms with Crippen LogP contribution in [0.25, 0.3) is 111 Å². The third kappa shape index (κ3) is 5.92. The van der Waals surface area contributed by atoms with Gasteiger partial charge in [-0.15, -0.1) is 0 Å². The van der Waals surface area contributed by atoms with E-state index in [2.05, 4.69) is 164 Å². The van der Waals surface area contributed by atoms with Crippen molar-refractivity contribution in [3.05, 3.63) is 200 Å². The summed E-state index contributed by atoms with van der Waals surface area (Å²) in [7, 11) is 0. The van der Waals surface area contributed by atoms with Crippen molar-refractivity contribution in [1.82, 2.24) is 15.0 Å². The molecule has 0 aliphatic carbocycles. The van der Waals surface area contributed by atoms with Gasteiger partial charge in [-0.2, -0.15) is 0 Å². The van der Waals surface area contributed by atoms with E-state index in [0.717, 1.165) is 94.3 Å². The third-order valence-electron chi connectivity index (χ3n) is 10.8. The molecule has 0 fully saturated rings. The first-order chi connectivity index (χ1) is 28.2. The zero-order valence-corrected chi connectivity index (χ0v) is 30.8. The summed E-state index contributed by atoms with van der Waals surface area (Å²) in [5, 5.41) is 5.43. The first-order valence-corrected chi connectivity index (χ1v) is 19.2. The van der Waals surface area contributed by atoms with E-state index in [1.54, 1.807) is 0 Å². The Labute approximate surface area is 329 Å². The van der Waals surface area contributed by atoms with Crippen LogP contribution in [0.1, 0.15) is 0 Å². The van der Waals surface area contributed by atoms with Gasteiger partial charge >= 0.3 is 0 Å². The highest BCUT2D eigenvalue weighted by Crippen LogP contribution is 2.41. The van der Waals surface area contributed by atoms with Gasteiger partial charge in [-0.05, 0) is 69.4 Å². The molecule has 8 aromatic carbocycles. The van der Waals surface area contributed by atoms with Crippen LogP contribution >= 0.6 is 0 Å². The van der Waals surface area contributed by atoms with Gasteiger partial charge in [-0.25, -0.2) is 15.0 Å². The molecule has 0 amide bonds. The van der Waals surface area contributed by atoms with Crippen LogP contribution in [-0.4, -0.2) is 15.0 Å². The number of benzene rings is 8. The Bertz CT molecular complexity index is 3280. The van der Waals surface area contributed by atoms with Crippen molar-refractivity contribution < 1.29 is 4.42 Å². The van der Waals surface area contributed by atoms with Gasteiger partial charge in [0.15, 0.2) is 5.82 Å². The third-order valence-corrected chi connectivity index (χ3v) is 10.8. The number of fused-ring (bicyclic) bond motifs is 6. The number of aromatic nitrogens is 3. The lowest BCUT2D eigenvalue weighted by Crippen LogP contribution is -1.96. The second-order valence-electron chi connectivity index (χ2n) is 14.4. The fourth-order valence-electron chi connectivity index (χ4n) is 7.99. The Morgan fingerprint density at radius 1 is 0.333 bits per heavy atom. The van der Waals surface area contributed by atoms with Crippen molar-refractivity contribution >= 4 is 43.6 Å². The van der Waals surface area contributed by atoms with E-state index in [0.29, 0.717) is 5.82 Å². The smallest absolute Gasteiger partial charge is 0.160 e. The number of nitrogens with zero attached hydrogens (tertiary/aromatic N) is 3. The molecule has 0 aliphatic rings. The highest BCUT2D eigenvalue weighted by atomic mass is 16.3. The lowest BCUT2D eigenvalue weighted by molar-refractivity contribution is 0.672. The lowest BCUT2D eigenvalue weighted by atomic mass is 9.96. The normalized spacial score (nSPS) is 11.5. The number of hydrogen-bond donors (Lipinski definition) is 0. The summed E-state index contributed by atoms with van der Waals surface area (Å²) in [5.41, 5.74) is 13.9. The molecule has 57 heavy (non-hydrogen) atoms. The highest BCUT2D eigenvalue weighted by Gasteiger charge is 2.19. The van der Waals surface area contributed by atoms with Gasteiger partial charge in [0, 0.05) is 33.0 Å². The van der Waals surface area contributed by atoms with E-state index >= 15 is 0 Å². The van der Waals surface area contributed by atoms with Crippen LogP contribution in [-0.2, 0) is 0 Å². The standard InChI is InChI=1S/C53H33N3O/c1-3-13-34(14-4-1)38-19-11-21-42(29-38)47-33-46(55-53(56-47)37-15-5-2-6-16-37)36-27-25-35(26-28-36)39-20-12-22-43(30-39)51-50-44-23-9-10-24-49(44)57-52(50)45-31-40-17-7-8-18-41(40)32-48(45)54-51/h1-33H. The first-order valence-electron chi connectivity index (χ1n) is 19.2. The summed E-state index contributed by atoms with van der Waals surface area (Å²) >= 11 is 0. The SMILES string of the molecule is c1ccc(-c2cccc(-c3cc(-c4ccc(-c5cccc(-c6nc7cc8ccccc8cc7c7oc8ccccc8c67)c5)cc4)nc(-c4ccccc4)n3)c2)cc1. The molecule has 3 heterocycles. The average Bonchev–Trinajstić information content (AvgIpc) is 3.69. The second kappa shape index (κ2) is 13.6. The molecular formula is C53H33N3O. The van der Waals surface area contributed by atoms with Gasteiger partial charge < -0.3 is 4.42 Å². The van der Waals surface area contributed by atoms with E-state index in [9.17, 15) is 0 Å². The summed E-state index contributed by atoms with van der Waals surface area (Å²) in [6, 6.07) is 69.7. The zero-order valence-electron chi connectivity index (χ0n) is 30.8. The van der Waals surface area contributed by atoms with Crippen molar-refractivity contribution in [1.29, 1.82) is 0 Å². The van der Waals surface area contributed by atoms with Crippen LogP contribution in [0.5, 0.6) is 0 Å². The van der Waals surface area contributed by atoms with Crippen LogP contribution in [0.3, 0.4) is 0 Å². The maximum Gasteiger partial charge on any atom is 0.160 e. The lowest BCUT2D eigenvalue weighted by Gasteiger charge is -2.12.